The minimum Gasteiger partial charge on any atom is -0.352 e. The Labute approximate surface area is 124 Å². The van der Waals surface area contributed by atoms with Gasteiger partial charge in [0, 0.05) is 24.2 Å². The Balaban J connectivity index is 1.99. The lowest BCUT2D eigenvalue weighted by Crippen LogP contribution is -2.39. The topological polar surface area (TPSA) is 75.4 Å². The molecule has 2 amide bonds. The van der Waals surface area contributed by atoms with Gasteiger partial charge in [-0.05, 0) is 31.0 Å². The summed E-state index contributed by atoms with van der Waals surface area (Å²) >= 11 is 0. The monoisotopic (exact) mass is 285 g/mol. The van der Waals surface area contributed by atoms with Crippen molar-refractivity contribution in [1.29, 1.82) is 0 Å². The van der Waals surface area contributed by atoms with Gasteiger partial charge in [-0.2, -0.15) is 0 Å². The van der Waals surface area contributed by atoms with E-state index in [9.17, 15) is 9.59 Å². The fourth-order valence-electron chi connectivity index (χ4n) is 1.89. The molecule has 0 atom stereocenters. The smallest absolute Gasteiger partial charge is 0.254 e. The first kappa shape index (κ1) is 15.1. The summed E-state index contributed by atoms with van der Waals surface area (Å²) < 4.78 is 0. The Bertz CT molecular complexity index is 597. The van der Waals surface area contributed by atoms with Crippen LogP contribution in [0.25, 0.3) is 0 Å². The SMILES string of the molecule is CN(CC(=O)NC1CC1)C(=O)c1cccc(C#CCN)c1. The normalized spacial score (nSPS) is 13.0. The highest BCUT2D eigenvalue weighted by Crippen LogP contribution is 2.18. The van der Waals surface area contributed by atoms with Gasteiger partial charge in [-0.15, -0.1) is 0 Å². The molecular weight excluding hydrogens is 266 g/mol. The second kappa shape index (κ2) is 6.91. The summed E-state index contributed by atoms with van der Waals surface area (Å²) in [6, 6.07) is 7.31. The van der Waals surface area contributed by atoms with Crippen LogP contribution in [0.1, 0.15) is 28.8 Å². The second-order valence-electron chi connectivity index (χ2n) is 5.09. The third kappa shape index (κ3) is 4.62. The average molecular weight is 285 g/mol. The molecule has 1 aromatic carbocycles. The number of likely N-dealkylation sites (N-methyl/N-ethyl adjacent to an activating group) is 1. The van der Waals surface area contributed by atoms with Crippen molar-refractivity contribution in [2.45, 2.75) is 18.9 Å². The number of carbonyl (C=O) groups is 2. The molecule has 2 rings (SSSR count). The number of amides is 2. The van der Waals surface area contributed by atoms with Crippen LogP contribution in [-0.2, 0) is 4.79 Å². The van der Waals surface area contributed by atoms with Crippen LogP contribution in [0.4, 0.5) is 0 Å². The minimum atomic E-state index is -0.197. The Kier molecular flexibility index (Phi) is 4.96. The first-order valence-corrected chi connectivity index (χ1v) is 6.94. The molecule has 1 aliphatic rings. The van der Waals surface area contributed by atoms with E-state index in [0.717, 1.165) is 18.4 Å². The van der Waals surface area contributed by atoms with Crippen molar-refractivity contribution in [3.63, 3.8) is 0 Å². The molecule has 110 valence electrons. The minimum absolute atomic E-state index is 0.0635. The second-order valence-corrected chi connectivity index (χ2v) is 5.09. The van der Waals surface area contributed by atoms with Crippen LogP contribution in [0.3, 0.4) is 0 Å². The van der Waals surface area contributed by atoms with Gasteiger partial charge < -0.3 is 16.0 Å². The molecule has 1 saturated carbocycles. The largest absolute Gasteiger partial charge is 0.352 e. The van der Waals surface area contributed by atoms with Crippen molar-refractivity contribution >= 4 is 11.8 Å². The molecule has 1 fully saturated rings. The summed E-state index contributed by atoms with van der Waals surface area (Å²) in [4.78, 5) is 25.4. The van der Waals surface area contributed by atoms with Crippen LogP contribution in [0, 0.1) is 11.8 Å². The van der Waals surface area contributed by atoms with Gasteiger partial charge >= 0.3 is 0 Å². The fraction of sp³-hybridized carbons (Fsp3) is 0.375. The van der Waals surface area contributed by atoms with Crippen LogP contribution in [0.15, 0.2) is 24.3 Å². The van der Waals surface area contributed by atoms with E-state index in [1.807, 2.05) is 6.07 Å². The lowest BCUT2D eigenvalue weighted by atomic mass is 10.1. The number of nitrogens with two attached hydrogens (primary N) is 1. The predicted molar refractivity (Wildman–Crippen MR) is 80.5 cm³/mol. The lowest BCUT2D eigenvalue weighted by molar-refractivity contribution is -0.121. The lowest BCUT2D eigenvalue weighted by Gasteiger charge is -2.16. The summed E-state index contributed by atoms with van der Waals surface area (Å²) in [7, 11) is 1.62. The maximum atomic E-state index is 12.3. The fourth-order valence-corrected chi connectivity index (χ4v) is 1.89. The van der Waals surface area contributed by atoms with Crippen molar-refractivity contribution in [1.82, 2.24) is 10.2 Å². The number of carbonyl (C=O) groups excluding carboxylic acids is 2. The van der Waals surface area contributed by atoms with Crippen LogP contribution in [-0.4, -0.2) is 42.9 Å². The Morgan fingerprint density at radius 3 is 2.86 bits per heavy atom. The van der Waals surface area contributed by atoms with Crippen molar-refractivity contribution in [2.75, 3.05) is 20.1 Å². The van der Waals surface area contributed by atoms with Gasteiger partial charge in [0.25, 0.3) is 5.91 Å². The summed E-state index contributed by atoms with van der Waals surface area (Å²) in [6.45, 7) is 0.341. The maximum absolute atomic E-state index is 12.3. The van der Waals surface area contributed by atoms with Gasteiger partial charge in [0.05, 0.1) is 13.1 Å². The van der Waals surface area contributed by atoms with E-state index in [1.165, 1.54) is 4.90 Å². The van der Waals surface area contributed by atoms with Gasteiger partial charge in [-0.1, -0.05) is 17.9 Å². The zero-order valence-corrected chi connectivity index (χ0v) is 12.1. The molecule has 21 heavy (non-hydrogen) atoms. The van der Waals surface area contributed by atoms with Crippen LogP contribution in [0.2, 0.25) is 0 Å². The molecule has 5 nitrogen and oxygen atoms in total. The average Bonchev–Trinajstić information content (AvgIpc) is 3.28. The number of benzene rings is 1. The molecule has 3 N–H and O–H groups in total. The number of nitrogens with zero attached hydrogens (tertiary/aromatic N) is 1. The number of nitrogens with one attached hydrogen (secondary N) is 1. The van der Waals surface area contributed by atoms with Crippen molar-refractivity contribution < 1.29 is 9.59 Å². The van der Waals surface area contributed by atoms with Gasteiger partial charge in [0.2, 0.25) is 5.91 Å². The molecule has 0 aliphatic heterocycles. The summed E-state index contributed by atoms with van der Waals surface area (Å²) in [5, 5.41) is 2.86. The summed E-state index contributed by atoms with van der Waals surface area (Å²) in [6.07, 6.45) is 2.07. The predicted octanol–water partition coefficient (Wildman–Crippen LogP) is 0.347. The highest BCUT2D eigenvalue weighted by Gasteiger charge is 2.24. The maximum Gasteiger partial charge on any atom is 0.254 e. The summed E-state index contributed by atoms with van der Waals surface area (Å²) in [5.74, 6) is 5.32. The molecule has 0 bridgehead atoms. The van der Waals surface area contributed by atoms with E-state index < -0.39 is 0 Å². The Hall–Kier alpha value is -2.32. The molecule has 0 aromatic heterocycles. The van der Waals surface area contributed by atoms with Gasteiger partial charge in [-0.3, -0.25) is 9.59 Å². The number of rotatable bonds is 4. The molecule has 0 saturated heterocycles. The number of hydrogen-bond donors (Lipinski definition) is 2. The van der Waals surface area contributed by atoms with E-state index in [4.69, 9.17) is 5.73 Å². The van der Waals surface area contributed by atoms with Gasteiger partial charge in [0.15, 0.2) is 0 Å². The standard InChI is InChI=1S/C16H19N3O2/c1-19(11-15(20)18-14-7-8-14)16(21)13-6-2-4-12(10-13)5-3-9-17/h2,4,6,10,14H,7-9,11,17H2,1H3,(H,18,20). The van der Waals surface area contributed by atoms with E-state index in [0.29, 0.717) is 11.6 Å². The van der Waals surface area contributed by atoms with E-state index in [2.05, 4.69) is 17.2 Å². The molecule has 1 aromatic rings. The highest BCUT2D eigenvalue weighted by molar-refractivity contribution is 5.96. The molecule has 0 unspecified atom stereocenters. The van der Waals surface area contributed by atoms with Gasteiger partial charge in [0.1, 0.15) is 0 Å². The molecule has 0 radical (unpaired) electrons. The quantitative estimate of drug-likeness (QED) is 0.784. The van der Waals surface area contributed by atoms with Crippen molar-refractivity contribution in [3.05, 3.63) is 35.4 Å². The van der Waals surface area contributed by atoms with Crippen LogP contribution in [0.5, 0.6) is 0 Å². The molecule has 1 aliphatic carbocycles. The van der Waals surface area contributed by atoms with E-state index >= 15 is 0 Å². The van der Waals surface area contributed by atoms with E-state index in [1.54, 1.807) is 25.2 Å². The first-order chi connectivity index (χ1) is 10.1. The Morgan fingerprint density at radius 2 is 2.19 bits per heavy atom. The van der Waals surface area contributed by atoms with Crippen LogP contribution >= 0.6 is 0 Å². The highest BCUT2D eigenvalue weighted by atomic mass is 16.2. The van der Waals surface area contributed by atoms with Gasteiger partial charge in [-0.25, -0.2) is 0 Å². The Morgan fingerprint density at radius 1 is 1.43 bits per heavy atom. The zero-order chi connectivity index (χ0) is 15.2. The molecule has 5 heteroatoms. The molecule has 0 spiro atoms. The summed E-state index contributed by atoms with van der Waals surface area (Å²) in [5.41, 5.74) is 6.58. The van der Waals surface area contributed by atoms with Crippen LogP contribution < -0.4 is 11.1 Å². The molecule has 0 heterocycles. The zero-order valence-electron chi connectivity index (χ0n) is 12.1. The van der Waals surface area contributed by atoms with Crippen molar-refractivity contribution in [3.8, 4) is 11.8 Å². The van der Waals surface area contributed by atoms with Crippen molar-refractivity contribution in [2.24, 2.45) is 5.73 Å². The number of hydrogen-bond acceptors (Lipinski definition) is 3. The third-order valence-corrected chi connectivity index (χ3v) is 3.11. The van der Waals surface area contributed by atoms with E-state index in [-0.39, 0.29) is 24.9 Å². The molecular formula is C16H19N3O2. The first-order valence-electron chi connectivity index (χ1n) is 6.94. The third-order valence-electron chi connectivity index (χ3n) is 3.11.